The minimum atomic E-state index is -0.948. The minimum Gasteiger partial charge on any atom is -0.0687 e. The van der Waals surface area contributed by atoms with Gasteiger partial charge in [-0.3, -0.25) is 0 Å². The highest BCUT2D eigenvalue weighted by atomic mass is 28.3. The summed E-state index contributed by atoms with van der Waals surface area (Å²) in [5.41, 5.74) is 4.09. The highest BCUT2D eigenvalue weighted by molar-refractivity contribution is 6.79. The van der Waals surface area contributed by atoms with Crippen molar-refractivity contribution in [3.63, 3.8) is 0 Å². The molecule has 12 heavy (non-hydrogen) atoms. The van der Waals surface area contributed by atoms with Crippen molar-refractivity contribution >= 4 is 8.07 Å². The average Bonchev–Trinajstić information content (AvgIpc) is 2.24. The Hall–Kier alpha value is -0.563. The van der Waals surface area contributed by atoms with Crippen LogP contribution in [0.15, 0.2) is 24.3 Å². The quantitative estimate of drug-likeness (QED) is 0.533. The van der Waals surface area contributed by atoms with Crippen molar-refractivity contribution in [2.45, 2.75) is 31.6 Å². The van der Waals surface area contributed by atoms with Crippen molar-refractivity contribution in [1.29, 1.82) is 0 Å². The van der Waals surface area contributed by atoms with Gasteiger partial charge in [-0.15, -0.1) is 0 Å². The van der Waals surface area contributed by atoms with E-state index in [4.69, 9.17) is 0 Å². The first-order valence-electron chi connectivity index (χ1n) is 4.69. The van der Waals surface area contributed by atoms with Gasteiger partial charge in [-0.05, 0) is 22.7 Å². The molecule has 64 valence electrons. The normalized spacial score (nSPS) is 25.4. The van der Waals surface area contributed by atoms with Crippen LogP contribution in [0.3, 0.4) is 0 Å². The summed E-state index contributed by atoms with van der Waals surface area (Å²) in [4.78, 5) is 0. The summed E-state index contributed by atoms with van der Waals surface area (Å²) in [6, 6.07) is 10.3. The molecule has 2 rings (SSSR count). The highest BCUT2D eigenvalue weighted by Gasteiger charge is 2.36. The molecule has 0 aromatic heterocycles. The summed E-state index contributed by atoms with van der Waals surface area (Å²) >= 11 is 0. The Morgan fingerprint density at radius 1 is 1.25 bits per heavy atom. The van der Waals surface area contributed by atoms with Gasteiger partial charge >= 0.3 is 0 Å². The maximum atomic E-state index is 2.50. The third kappa shape index (κ3) is 1.04. The standard InChI is InChI=1S/C11H16Si/c1-9-11-7-5-4-6-10(11)8-12(9,2)3/h4-7,9H,8H2,1-3H3. The zero-order valence-corrected chi connectivity index (χ0v) is 9.09. The molecule has 0 N–H and O–H groups in total. The first kappa shape index (κ1) is 8.05. The Morgan fingerprint density at radius 2 is 1.92 bits per heavy atom. The molecule has 1 atom stereocenters. The third-order valence-corrected chi connectivity index (χ3v) is 7.29. The molecule has 0 nitrogen and oxygen atoms in total. The summed E-state index contributed by atoms with van der Waals surface area (Å²) in [6.07, 6.45) is 0. The molecule has 1 aromatic rings. The lowest BCUT2D eigenvalue weighted by atomic mass is 10.1. The lowest BCUT2D eigenvalue weighted by Gasteiger charge is -2.20. The zero-order chi connectivity index (χ0) is 8.77. The first-order chi connectivity index (χ1) is 5.61. The van der Waals surface area contributed by atoms with Crippen LogP contribution >= 0.6 is 0 Å². The van der Waals surface area contributed by atoms with E-state index >= 15 is 0 Å². The van der Waals surface area contributed by atoms with E-state index in [2.05, 4.69) is 44.3 Å². The Balaban J connectivity index is 2.49. The number of fused-ring (bicyclic) bond motifs is 1. The number of hydrogen-bond donors (Lipinski definition) is 0. The second kappa shape index (κ2) is 2.46. The van der Waals surface area contributed by atoms with E-state index in [1.54, 1.807) is 11.1 Å². The van der Waals surface area contributed by atoms with E-state index in [1.807, 2.05) is 0 Å². The van der Waals surface area contributed by atoms with Crippen LogP contribution in [0.2, 0.25) is 13.1 Å². The van der Waals surface area contributed by atoms with E-state index in [-0.39, 0.29) is 0 Å². The summed E-state index contributed by atoms with van der Waals surface area (Å²) < 4.78 is 0. The fourth-order valence-electron chi connectivity index (χ4n) is 2.18. The van der Waals surface area contributed by atoms with E-state index in [0.717, 1.165) is 5.54 Å². The van der Waals surface area contributed by atoms with Gasteiger partial charge in [0.2, 0.25) is 0 Å². The van der Waals surface area contributed by atoms with Gasteiger partial charge in [0.15, 0.2) is 0 Å². The van der Waals surface area contributed by atoms with Gasteiger partial charge in [0.1, 0.15) is 0 Å². The van der Waals surface area contributed by atoms with Crippen molar-refractivity contribution in [2.75, 3.05) is 0 Å². The molecule has 0 fully saturated rings. The maximum absolute atomic E-state index is 2.50. The summed E-state index contributed by atoms with van der Waals surface area (Å²) in [5.74, 6) is 0. The number of rotatable bonds is 0. The van der Waals surface area contributed by atoms with Crippen LogP contribution in [0.5, 0.6) is 0 Å². The molecule has 1 unspecified atom stereocenters. The predicted octanol–water partition coefficient (Wildman–Crippen LogP) is 3.13. The second-order valence-corrected chi connectivity index (χ2v) is 9.78. The maximum Gasteiger partial charge on any atom is 0.0591 e. The van der Waals surface area contributed by atoms with Gasteiger partial charge < -0.3 is 0 Å². The minimum absolute atomic E-state index is 0.855. The Bertz CT molecular complexity index is 302. The fraction of sp³-hybridized carbons (Fsp3) is 0.455. The molecule has 0 spiro atoms. The molecule has 1 heterocycles. The van der Waals surface area contributed by atoms with Crippen molar-refractivity contribution < 1.29 is 0 Å². The number of hydrogen-bond acceptors (Lipinski definition) is 0. The summed E-state index contributed by atoms with van der Waals surface area (Å²) in [6.45, 7) is 7.40. The second-order valence-electron chi connectivity index (χ2n) is 4.59. The van der Waals surface area contributed by atoms with Gasteiger partial charge in [-0.2, -0.15) is 0 Å². The van der Waals surface area contributed by atoms with E-state index in [0.29, 0.717) is 0 Å². The molecular weight excluding hydrogens is 160 g/mol. The lowest BCUT2D eigenvalue weighted by Crippen LogP contribution is -2.30. The molecular formula is C11H16Si. The molecule has 1 aliphatic rings. The lowest BCUT2D eigenvalue weighted by molar-refractivity contribution is 1.05. The highest BCUT2D eigenvalue weighted by Crippen LogP contribution is 2.38. The molecule has 0 aliphatic carbocycles. The van der Waals surface area contributed by atoms with Crippen molar-refractivity contribution in [3.8, 4) is 0 Å². The molecule has 1 aliphatic heterocycles. The monoisotopic (exact) mass is 176 g/mol. The van der Waals surface area contributed by atoms with Gasteiger partial charge in [0, 0.05) is 0 Å². The molecule has 0 bridgehead atoms. The van der Waals surface area contributed by atoms with Crippen LogP contribution in [-0.2, 0) is 6.04 Å². The average molecular weight is 176 g/mol. The van der Waals surface area contributed by atoms with Crippen LogP contribution in [0.4, 0.5) is 0 Å². The van der Waals surface area contributed by atoms with Crippen LogP contribution in [0.1, 0.15) is 23.6 Å². The third-order valence-electron chi connectivity index (χ3n) is 3.34. The van der Waals surface area contributed by atoms with Crippen molar-refractivity contribution in [2.24, 2.45) is 0 Å². The topological polar surface area (TPSA) is 0 Å². The van der Waals surface area contributed by atoms with Crippen LogP contribution in [0, 0.1) is 0 Å². The van der Waals surface area contributed by atoms with Gasteiger partial charge in [-0.1, -0.05) is 44.3 Å². The number of benzene rings is 1. The Labute approximate surface area is 75.6 Å². The van der Waals surface area contributed by atoms with Gasteiger partial charge in [0.05, 0.1) is 8.07 Å². The molecule has 0 saturated carbocycles. The van der Waals surface area contributed by atoms with Crippen LogP contribution in [-0.4, -0.2) is 8.07 Å². The van der Waals surface area contributed by atoms with E-state index in [9.17, 15) is 0 Å². The predicted molar refractivity (Wildman–Crippen MR) is 56.0 cm³/mol. The zero-order valence-electron chi connectivity index (χ0n) is 8.09. The Morgan fingerprint density at radius 3 is 2.58 bits per heavy atom. The molecule has 0 saturated heterocycles. The fourth-order valence-corrected chi connectivity index (χ4v) is 4.92. The van der Waals surface area contributed by atoms with Crippen LogP contribution in [0.25, 0.3) is 0 Å². The van der Waals surface area contributed by atoms with E-state index < -0.39 is 8.07 Å². The smallest absolute Gasteiger partial charge is 0.0591 e. The van der Waals surface area contributed by atoms with E-state index in [1.165, 1.54) is 6.04 Å². The SMILES string of the molecule is CC1c2ccccc2C[Si]1(C)C. The van der Waals surface area contributed by atoms with Crippen LogP contribution < -0.4 is 0 Å². The summed E-state index contributed by atoms with van der Waals surface area (Å²) in [5, 5.41) is 0. The molecule has 1 aromatic carbocycles. The van der Waals surface area contributed by atoms with Crippen molar-refractivity contribution in [1.82, 2.24) is 0 Å². The Kier molecular flexibility index (Phi) is 1.65. The van der Waals surface area contributed by atoms with Crippen molar-refractivity contribution in [3.05, 3.63) is 35.4 Å². The molecule has 0 radical (unpaired) electrons. The van der Waals surface area contributed by atoms with Gasteiger partial charge in [-0.25, -0.2) is 0 Å². The van der Waals surface area contributed by atoms with Gasteiger partial charge in [0.25, 0.3) is 0 Å². The summed E-state index contributed by atoms with van der Waals surface area (Å²) in [7, 11) is -0.948. The largest absolute Gasteiger partial charge is 0.0687 e. The first-order valence-corrected chi connectivity index (χ1v) is 7.97. The molecule has 0 amide bonds. The molecule has 1 heteroatoms.